The fourth-order valence-corrected chi connectivity index (χ4v) is 1.97. The second-order valence-corrected chi connectivity index (χ2v) is 4.53. The molecule has 0 saturated carbocycles. The van der Waals surface area contributed by atoms with Crippen LogP contribution >= 0.6 is 24.8 Å². The molecule has 1 aliphatic carbocycles. The van der Waals surface area contributed by atoms with Crippen LogP contribution in [0, 0.1) is 5.41 Å². The van der Waals surface area contributed by atoms with Crippen molar-refractivity contribution >= 4 is 36.4 Å². The van der Waals surface area contributed by atoms with Gasteiger partial charge in [0.2, 0.25) is 0 Å². The minimum absolute atomic E-state index is 0. The monoisotopic (exact) mass is 328 g/mol. The van der Waals surface area contributed by atoms with Gasteiger partial charge in [0.1, 0.15) is 11.4 Å². The minimum atomic E-state index is -1.26. The molecule has 1 aromatic carbocycles. The number of carbonyl (C=O) groups is 1. The van der Waals surface area contributed by atoms with Gasteiger partial charge in [-0.2, -0.15) is 0 Å². The highest BCUT2D eigenvalue weighted by molar-refractivity contribution is 6.07. The van der Waals surface area contributed by atoms with Crippen molar-refractivity contribution in [1.82, 2.24) is 0 Å². The summed E-state index contributed by atoms with van der Waals surface area (Å²) in [5.74, 6) is -0.382. The molecule has 2 unspecified atom stereocenters. The summed E-state index contributed by atoms with van der Waals surface area (Å²) in [6, 6.07) is 5.95. The van der Waals surface area contributed by atoms with E-state index in [1.165, 1.54) is 0 Å². The zero-order chi connectivity index (χ0) is 14.0. The van der Waals surface area contributed by atoms with Crippen LogP contribution in [-0.4, -0.2) is 23.2 Å². The molecule has 1 aromatic rings. The summed E-state index contributed by atoms with van der Waals surface area (Å²) in [6.07, 6.45) is 6.75. The number of nitrogens with one attached hydrogen (secondary N) is 1. The average Bonchev–Trinajstić information content (AvgIpc) is 2.41. The quantitative estimate of drug-likeness (QED) is 0.378. The van der Waals surface area contributed by atoms with E-state index in [2.05, 4.69) is 0 Å². The number of carbonyl (C=O) groups excluding carboxylic acids is 1. The lowest BCUT2D eigenvalue weighted by atomic mass is 9.81. The van der Waals surface area contributed by atoms with E-state index in [0.29, 0.717) is 11.1 Å². The van der Waals surface area contributed by atoms with E-state index in [9.17, 15) is 4.79 Å². The lowest BCUT2D eigenvalue weighted by Gasteiger charge is -2.31. The predicted octanol–water partition coefficient (Wildman–Crippen LogP) is 1.15. The van der Waals surface area contributed by atoms with Gasteiger partial charge in [0.25, 0.3) is 0 Å². The van der Waals surface area contributed by atoms with Crippen LogP contribution in [0.3, 0.4) is 0 Å². The van der Waals surface area contributed by atoms with Gasteiger partial charge in [-0.15, -0.1) is 24.8 Å². The number of amidine groups is 1. The van der Waals surface area contributed by atoms with Gasteiger partial charge in [0.15, 0.2) is 5.78 Å². The third-order valence-corrected chi connectivity index (χ3v) is 3.18. The zero-order valence-corrected chi connectivity index (χ0v) is 12.8. The molecule has 21 heavy (non-hydrogen) atoms. The van der Waals surface area contributed by atoms with Crippen LogP contribution in [0.25, 0.3) is 0 Å². The first-order valence-corrected chi connectivity index (χ1v) is 5.85. The lowest BCUT2D eigenvalue weighted by Crippen LogP contribution is -2.59. The van der Waals surface area contributed by atoms with Crippen LogP contribution in [0.4, 0.5) is 0 Å². The largest absolute Gasteiger partial charge is 0.384 e. The smallest absolute Gasteiger partial charge is 0.188 e. The second kappa shape index (κ2) is 7.38. The maximum absolute atomic E-state index is 12.5. The van der Waals surface area contributed by atoms with Crippen LogP contribution in [0.5, 0.6) is 0 Å². The van der Waals surface area contributed by atoms with Gasteiger partial charge in [-0.3, -0.25) is 10.2 Å². The van der Waals surface area contributed by atoms with Crippen molar-refractivity contribution < 1.29 is 4.79 Å². The third-order valence-electron chi connectivity index (χ3n) is 3.18. The Kier molecular flexibility index (Phi) is 6.79. The van der Waals surface area contributed by atoms with Crippen molar-refractivity contribution in [1.29, 1.82) is 5.41 Å². The number of Topliss-reactive ketones (excluding diaryl/α,β-unsaturated/α-hetero) is 1. The van der Waals surface area contributed by atoms with Gasteiger partial charge >= 0.3 is 0 Å². The number of hydrogen-bond acceptors (Lipinski definition) is 4. The van der Waals surface area contributed by atoms with Crippen molar-refractivity contribution in [3.63, 3.8) is 0 Å². The Balaban J connectivity index is 0.00000200. The molecule has 0 fully saturated rings. The molecule has 0 aromatic heterocycles. The fraction of sp³-hybridized carbons (Fsp3) is 0.143. The average molecular weight is 329 g/mol. The van der Waals surface area contributed by atoms with Gasteiger partial charge in [0, 0.05) is 11.1 Å². The van der Waals surface area contributed by atoms with Crippen LogP contribution in [-0.2, 0) is 0 Å². The predicted molar refractivity (Wildman–Crippen MR) is 89.5 cm³/mol. The number of nitrogen functional groups attached to an aromatic ring is 1. The number of ketones is 1. The summed E-state index contributed by atoms with van der Waals surface area (Å²) in [5, 5.41) is 7.39. The normalized spacial score (nSPS) is 22.9. The number of hydrogen-bond donors (Lipinski definition) is 4. The molecule has 114 valence electrons. The molecular formula is C14H18Cl2N4O. The van der Waals surface area contributed by atoms with E-state index in [4.69, 9.17) is 22.6 Å². The maximum Gasteiger partial charge on any atom is 0.188 e. The van der Waals surface area contributed by atoms with Crippen LogP contribution in [0.1, 0.15) is 15.9 Å². The van der Waals surface area contributed by atoms with Gasteiger partial charge in [-0.25, -0.2) is 0 Å². The third kappa shape index (κ3) is 3.71. The Morgan fingerprint density at radius 2 is 1.81 bits per heavy atom. The molecule has 0 saturated heterocycles. The summed E-state index contributed by atoms with van der Waals surface area (Å²) in [6.45, 7) is 0. The van der Waals surface area contributed by atoms with Crippen molar-refractivity contribution in [3.8, 4) is 0 Å². The lowest BCUT2D eigenvalue weighted by molar-refractivity contribution is 0.0911. The number of halogens is 2. The number of allylic oxidation sites excluding steroid dienone is 2. The van der Waals surface area contributed by atoms with Crippen LogP contribution in [0.2, 0.25) is 0 Å². The van der Waals surface area contributed by atoms with Crippen molar-refractivity contribution in [2.75, 3.05) is 0 Å². The molecule has 7 heteroatoms. The molecular weight excluding hydrogens is 311 g/mol. The van der Waals surface area contributed by atoms with Crippen LogP contribution < -0.4 is 17.2 Å². The van der Waals surface area contributed by atoms with Crippen LogP contribution in [0.15, 0.2) is 48.6 Å². The van der Waals surface area contributed by atoms with E-state index in [0.717, 1.165) is 0 Å². The number of benzene rings is 1. The molecule has 0 heterocycles. The summed E-state index contributed by atoms with van der Waals surface area (Å²) >= 11 is 0. The van der Waals surface area contributed by atoms with Crippen molar-refractivity contribution in [2.24, 2.45) is 17.2 Å². The molecule has 1 aliphatic rings. The fourth-order valence-electron chi connectivity index (χ4n) is 1.97. The highest BCUT2D eigenvalue weighted by Gasteiger charge is 2.38. The minimum Gasteiger partial charge on any atom is -0.384 e. The molecule has 2 atom stereocenters. The summed E-state index contributed by atoms with van der Waals surface area (Å²) in [4.78, 5) is 12.5. The van der Waals surface area contributed by atoms with E-state index < -0.39 is 11.6 Å². The Bertz CT molecular complexity index is 600. The Labute approximate surface area is 135 Å². The number of rotatable bonds is 3. The van der Waals surface area contributed by atoms with E-state index in [1.807, 2.05) is 0 Å². The molecule has 7 N–H and O–H groups in total. The first-order valence-electron chi connectivity index (χ1n) is 5.85. The van der Waals surface area contributed by atoms with E-state index >= 15 is 0 Å². The summed E-state index contributed by atoms with van der Waals surface area (Å²) in [7, 11) is 0. The van der Waals surface area contributed by atoms with Crippen molar-refractivity contribution in [2.45, 2.75) is 11.6 Å². The first kappa shape index (κ1) is 19.3. The zero-order valence-electron chi connectivity index (χ0n) is 11.2. The Morgan fingerprint density at radius 3 is 2.38 bits per heavy atom. The highest BCUT2D eigenvalue weighted by Crippen LogP contribution is 2.20. The highest BCUT2D eigenvalue weighted by atomic mass is 35.5. The van der Waals surface area contributed by atoms with Gasteiger partial charge in [0.05, 0.1) is 6.04 Å². The topological polar surface area (TPSA) is 119 Å². The van der Waals surface area contributed by atoms with E-state index in [1.54, 1.807) is 48.6 Å². The molecule has 0 radical (unpaired) electrons. The number of nitrogens with two attached hydrogens (primary N) is 3. The summed E-state index contributed by atoms with van der Waals surface area (Å²) < 4.78 is 0. The Morgan fingerprint density at radius 1 is 1.19 bits per heavy atom. The van der Waals surface area contributed by atoms with Crippen molar-refractivity contribution in [3.05, 3.63) is 59.7 Å². The summed E-state index contributed by atoms with van der Waals surface area (Å²) in [5.41, 5.74) is 17.0. The van der Waals surface area contributed by atoms with E-state index in [-0.39, 0.29) is 36.4 Å². The van der Waals surface area contributed by atoms with Gasteiger partial charge in [-0.05, 0) is 6.07 Å². The maximum atomic E-state index is 12.5. The van der Waals surface area contributed by atoms with Gasteiger partial charge in [-0.1, -0.05) is 42.5 Å². The molecule has 5 nitrogen and oxygen atoms in total. The molecule has 0 spiro atoms. The second-order valence-electron chi connectivity index (χ2n) is 4.53. The molecule has 2 rings (SSSR count). The SMILES string of the molecule is Cl.Cl.N=C(N)c1cccc(C(=O)C2(N)C=CC=CC2N)c1. The van der Waals surface area contributed by atoms with Gasteiger partial charge < -0.3 is 17.2 Å². The first-order chi connectivity index (χ1) is 8.95. The Hall–Kier alpha value is -1.66. The standard InChI is InChI=1S/C14H16N4O.2ClH/c15-11-6-1-2-7-14(11,18)12(19)9-4-3-5-10(8-9)13(16)17;;/h1-8,11H,15,18H2,(H3,16,17);2*1H. The molecule has 0 bridgehead atoms. The molecule has 0 amide bonds. The molecule has 0 aliphatic heterocycles.